The third-order valence-corrected chi connectivity index (χ3v) is 3.64. The quantitative estimate of drug-likeness (QED) is 0.752. The Kier molecular flexibility index (Phi) is 3.66. The average molecular weight is 296 g/mol. The van der Waals surface area contributed by atoms with Gasteiger partial charge < -0.3 is 10.3 Å². The molecule has 3 aromatic rings. The van der Waals surface area contributed by atoms with Crippen molar-refractivity contribution < 1.29 is 0 Å². The molecule has 0 spiro atoms. The van der Waals surface area contributed by atoms with Gasteiger partial charge in [0.1, 0.15) is 5.82 Å². The summed E-state index contributed by atoms with van der Waals surface area (Å²) in [5.74, 6) is 0.883. The molecule has 0 amide bonds. The Morgan fingerprint density at radius 2 is 2.05 bits per heavy atom. The van der Waals surface area contributed by atoms with E-state index in [-0.39, 0.29) is 0 Å². The normalized spacial score (nSPS) is 10.9. The number of nitrogens with zero attached hydrogens (tertiary/aromatic N) is 3. The molecule has 0 saturated heterocycles. The number of thiocarbonyl (C=S) groups is 1. The fraction of sp³-hybridized carbons (Fsp3) is 0.188. The predicted octanol–water partition coefficient (Wildman–Crippen LogP) is 2.62. The fourth-order valence-corrected chi connectivity index (χ4v) is 2.56. The van der Waals surface area contributed by atoms with Crippen molar-refractivity contribution in [3.8, 4) is 0 Å². The zero-order valence-corrected chi connectivity index (χ0v) is 12.6. The Bertz CT molecular complexity index is 807. The van der Waals surface area contributed by atoms with Crippen molar-refractivity contribution in [2.75, 3.05) is 0 Å². The first-order chi connectivity index (χ1) is 10.1. The lowest BCUT2D eigenvalue weighted by Gasteiger charge is -2.10. The summed E-state index contributed by atoms with van der Waals surface area (Å²) >= 11 is 5.04. The average Bonchev–Trinajstić information content (AvgIpc) is 2.78. The molecule has 1 aromatic carbocycles. The lowest BCUT2D eigenvalue weighted by molar-refractivity contribution is 0.749. The van der Waals surface area contributed by atoms with E-state index < -0.39 is 0 Å². The Morgan fingerprint density at radius 3 is 2.81 bits per heavy atom. The van der Waals surface area contributed by atoms with Gasteiger partial charge in [0.15, 0.2) is 0 Å². The molecule has 0 fully saturated rings. The molecule has 2 N–H and O–H groups in total. The second kappa shape index (κ2) is 5.61. The highest BCUT2D eigenvalue weighted by atomic mass is 32.1. The van der Waals surface area contributed by atoms with E-state index in [9.17, 15) is 0 Å². The molecule has 0 aliphatic rings. The molecule has 0 radical (unpaired) electrons. The van der Waals surface area contributed by atoms with Gasteiger partial charge in [-0.25, -0.2) is 4.98 Å². The van der Waals surface area contributed by atoms with Gasteiger partial charge in [0.05, 0.1) is 34.7 Å². The third kappa shape index (κ3) is 2.78. The SMILES string of the molecule is Cc1cccnc1Cn1c(CC(N)=S)nc2ccccc21. The zero-order chi connectivity index (χ0) is 14.8. The molecule has 2 aromatic heterocycles. The van der Waals surface area contributed by atoms with Gasteiger partial charge >= 0.3 is 0 Å². The number of nitrogens with two attached hydrogens (primary N) is 1. The Morgan fingerprint density at radius 1 is 1.24 bits per heavy atom. The van der Waals surface area contributed by atoms with E-state index in [1.165, 1.54) is 0 Å². The van der Waals surface area contributed by atoms with Crippen LogP contribution in [0.15, 0.2) is 42.6 Å². The molecular formula is C16H16N4S. The second-order valence-electron chi connectivity index (χ2n) is 5.01. The number of para-hydroxylation sites is 2. The summed E-state index contributed by atoms with van der Waals surface area (Å²) < 4.78 is 2.14. The molecule has 0 bridgehead atoms. The number of aryl methyl sites for hydroxylation is 1. The highest BCUT2D eigenvalue weighted by Crippen LogP contribution is 2.18. The summed E-state index contributed by atoms with van der Waals surface area (Å²) in [7, 11) is 0. The van der Waals surface area contributed by atoms with E-state index in [0.717, 1.165) is 28.1 Å². The summed E-state index contributed by atoms with van der Waals surface area (Å²) in [6, 6.07) is 12.1. The summed E-state index contributed by atoms with van der Waals surface area (Å²) in [5, 5.41) is 0. The van der Waals surface area contributed by atoms with Gasteiger partial charge in [0.2, 0.25) is 0 Å². The molecule has 4 nitrogen and oxygen atoms in total. The molecular weight excluding hydrogens is 280 g/mol. The zero-order valence-electron chi connectivity index (χ0n) is 11.8. The molecule has 0 atom stereocenters. The van der Waals surface area contributed by atoms with Crippen molar-refractivity contribution in [3.63, 3.8) is 0 Å². The van der Waals surface area contributed by atoms with Crippen LogP contribution in [0.2, 0.25) is 0 Å². The molecule has 106 valence electrons. The van der Waals surface area contributed by atoms with Crippen LogP contribution in [0, 0.1) is 6.92 Å². The largest absolute Gasteiger partial charge is 0.393 e. The number of hydrogen-bond acceptors (Lipinski definition) is 3. The molecule has 0 aliphatic carbocycles. The number of pyridine rings is 1. The second-order valence-corrected chi connectivity index (χ2v) is 5.54. The number of aromatic nitrogens is 3. The van der Waals surface area contributed by atoms with Gasteiger partial charge in [-0.3, -0.25) is 4.98 Å². The van der Waals surface area contributed by atoms with Gasteiger partial charge in [-0.1, -0.05) is 30.4 Å². The summed E-state index contributed by atoms with van der Waals surface area (Å²) in [6.07, 6.45) is 2.31. The fourth-order valence-electron chi connectivity index (χ4n) is 2.43. The smallest absolute Gasteiger partial charge is 0.117 e. The topological polar surface area (TPSA) is 56.7 Å². The Hall–Kier alpha value is -2.27. The summed E-state index contributed by atoms with van der Waals surface area (Å²) in [6.45, 7) is 2.74. The van der Waals surface area contributed by atoms with Crippen LogP contribution in [-0.4, -0.2) is 19.5 Å². The minimum Gasteiger partial charge on any atom is -0.393 e. The van der Waals surface area contributed by atoms with Gasteiger partial charge in [-0.05, 0) is 30.7 Å². The van der Waals surface area contributed by atoms with E-state index in [0.29, 0.717) is 18.0 Å². The number of benzene rings is 1. The van der Waals surface area contributed by atoms with Crippen molar-refractivity contribution in [3.05, 3.63) is 59.7 Å². The number of hydrogen-bond donors (Lipinski definition) is 1. The van der Waals surface area contributed by atoms with Gasteiger partial charge in [-0.2, -0.15) is 0 Å². The first-order valence-corrected chi connectivity index (χ1v) is 7.19. The van der Waals surface area contributed by atoms with Crippen molar-refractivity contribution in [2.45, 2.75) is 19.9 Å². The minimum absolute atomic E-state index is 0.448. The third-order valence-electron chi connectivity index (χ3n) is 3.49. The summed E-state index contributed by atoms with van der Waals surface area (Å²) in [4.78, 5) is 9.56. The lowest BCUT2D eigenvalue weighted by atomic mass is 10.2. The van der Waals surface area contributed by atoms with Crippen LogP contribution in [0.25, 0.3) is 11.0 Å². The van der Waals surface area contributed by atoms with Crippen LogP contribution in [0.1, 0.15) is 17.1 Å². The number of fused-ring (bicyclic) bond motifs is 1. The van der Waals surface area contributed by atoms with Crippen molar-refractivity contribution in [1.82, 2.24) is 14.5 Å². The minimum atomic E-state index is 0.448. The highest BCUT2D eigenvalue weighted by Gasteiger charge is 2.12. The first-order valence-electron chi connectivity index (χ1n) is 6.78. The standard InChI is InChI=1S/C16H16N4S/c1-11-5-4-8-18-13(11)10-20-14-7-3-2-6-12(14)19-16(20)9-15(17)21/h2-8H,9-10H2,1H3,(H2,17,21). The van der Waals surface area contributed by atoms with E-state index in [4.69, 9.17) is 18.0 Å². The molecule has 5 heteroatoms. The van der Waals surface area contributed by atoms with Crippen LogP contribution < -0.4 is 5.73 Å². The monoisotopic (exact) mass is 296 g/mol. The predicted molar refractivity (Wildman–Crippen MR) is 88.3 cm³/mol. The maximum atomic E-state index is 5.70. The first kappa shape index (κ1) is 13.7. The molecule has 3 rings (SSSR count). The maximum Gasteiger partial charge on any atom is 0.117 e. The van der Waals surface area contributed by atoms with Crippen molar-refractivity contribution in [1.29, 1.82) is 0 Å². The lowest BCUT2D eigenvalue weighted by Crippen LogP contribution is -2.16. The van der Waals surface area contributed by atoms with Gasteiger partial charge in [0, 0.05) is 6.20 Å². The van der Waals surface area contributed by atoms with Crippen LogP contribution in [0.4, 0.5) is 0 Å². The van der Waals surface area contributed by atoms with Crippen LogP contribution >= 0.6 is 12.2 Å². The van der Waals surface area contributed by atoms with E-state index in [1.54, 1.807) is 0 Å². The maximum absolute atomic E-state index is 5.70. The van der Waals surface area contributed by atoms with Crippen LogP contribution in [-0.2, 0) is 13.0 Å². The molecule has 0 saturated carbocycles. The van der Waals surface area contributed by atoms with Crippen LogP contribution in [0.5, 0.6) is 0 Å². The Labute approximate surface area is 128 Å². The van der Waals surface area contributed by atoms with Crippen molar-refractivity contribution >= 4 is 28.2 Å². The molecule has 2 heterocycles. The molecule has 0 aliphatic heterocycles. The van der Waals surface area contributed by atoms with Gasteiger partial charge in [-0.15, -0.1) is 0 Å². The molecule has 21 heavy (non-hydrogen) atoms. The van der Waals surface area contributed by atoms with E-state index >= 15 is 0 Å². The van der Waals surface area contributed by atoms with Crippen LogP contribution in [0.3, 0.4) is 0 Å². The number of imidazole rings is 1. The van der Waals surface area contributed by atoms with Crippen molar-refractivity contribution in [2.24, 2.45) is 5.73 Å². The van der Waals surface area contributed by atoms with Gasteiger partial charge in [0.25, 0.3) is 0 Å². The molecule has 0 unspecified atom stereocenters. The van der Waals surface area contributed by atoms with E-state index in [2.05, 4.69) is 33.6 Å². The summed E-state index contributed by atoms with van der Waals surface area (Å²) in [5.41, 5.74) is 9.93. The Balaban J connectivity index is 2.11. The highest BCUT2D eigenvalue weighted by molar-refractivity contribution is 7.80. The van der Waals surface area contributed by atoms with E-state index in [1.807, 2.05) is 30.5 Å². The number of rotatable bonds is 4.